The highest BCUT2D eigenvalue weighted by Gasteiger charge is 2.29. The van der Waals surface area contributed by atoms with Gasteiger partial charge in [-0.2, -0.15) is 0 Å². The van der Waals surface area contributed by atoms with Crippen molar-refractivity contribution in [2.24, 2.45) is 0 Å². The van der Waals surface area contributed by atoms with E-state index in [0.29, 0.717) is 11.5 Å². The standard InChI is InChI=1S/C30H44O4/c1-27(2,3)20-13-18(14-21(25(20)32)28(4,5)6)15-24(31)34-19-16-22(29(7,8)9)26(33)23(17-19)30(10,11)12/h13-14,16-17,32-33H,15H2,1-12H3. The van der Waals surface area contributed by atoms with Crippen molar-refractivity contribution in [2.45, 2.75) is 111 Å². The number of esters is 1. The van der Waals surface area contributed by atoms with E-state index in [1.807, 2.05) is 53.7 Å². The Morgan fingerprint density at radius 3 is 1.21 bits per heavy atom. The van der Waals surface area contributed by atoms with Crippen LogP contribution in [0.2, 0.25) is 0 Å². The summed E-state index contributed by atoms with van der Waals surface area (Å²) < 4.78 is 5.81. The molecule has 0 saturated carbocycles. The second-order valence-electron chi connectivity index (χ2n) is 13.6. The van der Waals surface area contributed by atoms with Crippen LogP contribution in [0.5, 0.6) is 17.2 Å². The molecule has 0 aliphatic carbocycles. The monoisotopic (exact) mass is 468 g/mol. The molecule has 0 fully saturated rings. The normalized spacial score (nSPS) is 13.2. The predicted molar refractivity (Wildman–Crippen MR) is 140 cm³/mol. The maximum Gasteiger partial charge on any atom is 0.315 e. The number of hydrogen-bond acceptors (Lipinski definition) is 4. The number of phenolic OH excluding ortho intramolecular Hbond substituents is 2. The Balaban J connectivity index is 2.49. The molecule has 0 saturated heterocycles. The minimum absolute atomic E-state index is 0.0863. The van der Waals surface area contributed by atoms with Crippen molar-refractivity contribution < 1.29 is 19.7 Å². The van der Waals surface area contributed by atoms with Crippen molar-refractivity contribution in [1.29, 1.82) is 0 Å². The number of carbonyl (C=O) groups excluding carboxylic acids is 1. The van der Waals surface area contributed by atoms with E-state index in [1.54, 1.807) is 12.1 Å². The molecule has 0 amide bonds. The number of phenols is 2. The van der Waals surface area contributed by atoms with Gasteiger partial charge in [0.25, 0.3) is 0 Å². The molecule has 2 aromatic rings. The fraction of sp³-hybridized carbons (Fsp3) is 0.567. The van der Waals surface area contributed by atoms with Crippen molar-refractivity contribution >= 4 is 5.97 Å². The van der Waals surface area contributed by atoms with Gasteiger partial charge in [-0.1, -0.05) is 95.2 Å². The fourth-order valence-corrected chi connectivity index (χ4v) is 4.08. The highest BCUT2D eigenvalue weighted by atomic mass is 16.5. The van der Waals surface area contributed by atoms with E-state index in [-0.39, 0.29) is 39.8 Å². The topological polar surface area (TPSA) is 66.8 Å². The molecular formula is C30H44O4. The quantitative estimate of drug-likeness (QED) is 0.363. The smallest absolute Gasteiger partial charge is 0.315 e. The molecule has 0 bridgehead atoms. The second kappa shape index (κ2) is 8.94. The van der Waals surface area contributed by atoms with E-state index in [0.717, 1.165) is 27.8 Å². The molecule has 0 aliphatic rings. The van der Waals surface area contributed by atoms with Crippen LogP contribution in [0.3, 0.4) is 0 Å². The zero-order valence-corrected chi connectivity index (χ0v) is 23.2. The van der Waals surface area contributed by atoms with Gasteiger partial charge in [0.05, 0.1) is 6.42 Å². The van der Waals surface area contributed by atoms with Crippen molar-refractivity contribution in [3.63, 3.8) is 0 Å². The third kappa shape index (κ3) is 6.34. The summed E-state index contributed by atoms with van der Waals surface area (Å²) in [6.45, 7) is 24.5. The van der Waals surface area contributed by atoms with Crippen LogP contribution in [0, 0.1) is 0 Å². The Labute approximate surface area is 206 Å². The largest absolute Gasteiger partial charge is 0.507 e. The first-order valence-electron chi connectivity index (χ1n) is 12.1. The van der Waals surface area contributed by atoms with Gasteiger partial charge in [-0.05, 0) is 50.5 Å². The van der Waals surface area contributed by atoms with Crippen LogP contribution in [0.15, 0.2) is 24.3 Å². The zero-order chi connectivity index (χ0) is 26.4. The fourth-order valence-electron chi connectivity index (χ4n) is 4.08. The summed E-state index contributed by atoms with van der Waals surface area (Å²) in [5.41, 5.74) is 2.77. The van der Waals surface area contributed by atoms with E-state index >= 15 is 0 Å². The molecule has 188 valence electrons. The first-order chi connectivity index (χ1) is 15.1. The molecule has 0 aromatic heterocycles. The van der Waals surface area contributed by atoms with E-state index < -0.39 is 0 Å². The first kappa shape index (κ1) is 27.8. The molecule has 2 N–H and O–H groups in total. The maximum atomic E-state index is 13.0. The predicted octanol–water partition coefficient (Wildman–Crippen LogP) is 7.44. The molecule has 4 nitrogen and oxygen atoms in total. The molecule has 4 heteroatoms. The van der Waals surface area contributed by atoms with Gasteiger partial charge in [0.15, 0.2) is 0 Å². The molecular weight excluding hydrogens is 424 g/mol. The van der Waals surface area contributed by atoms with Crippen LogP contribution < -0.4 is 4.74 Å². The van der Waals surface area contributed by atoms with Crippen LogP contribution in [-0.2, 0) is 32.9 Å². The van der Waals surface area contributed by atoms with Gasteiger partial charge in [-0.15, -0.1) is 0 Å². The summed E-state index contributed by atoms with van der Waals surface area (Å²) in [7, 11) is 0. The Morgan fingerprint density at radius 2 is 0.912 bits per heavy atom. The van der Waals surface area contributed by atoms with E-state index in [1.165, 1.54) is 0 Å². The van der Waals surface area contributed by atoms with E-state index in [2.05, 4.69) is 41.5 Å². The number of benzene rings is 2. The van der Waals surface area contributed by atoms with Crippen molar-refractivity contribution in [1.82, 2.24) is 0 Å². The Morgan fingerprint density at radius 1 is 0.618 bits per heavy atom. The van der Waals surface area contributed by atoms with E-state index in [4.69, 9.17) is 4.74 Å². The van der Waals surface area contributed by atoms with Crippen molar-refractivity contribution in [3.05, 3.63) is 52.1 Å². The third-order valence-corrected chi connectivity index (χ3v) is 6.07. The van der Waals surface area contributed by atoms with Gasteiger partial charge in [-0.3, -0.25) is 4.79 Å². The van der Waals surface area contributed by atoms with Crippen molar-refractivity contribution in [3.8, 4) is 17.2 Å². The average Bonchev–Trinajstić information content (AvgIpc) is 2.60. The first-order valence-corrected chi connectivity index (χ1v) is 12.1. The zero-order valence-electron chi connectivity index (χ0n) is 23.2. The van der Waals surface area contributed by atoms with Gasteiger partial charge < -0.3 is 14.9 Å². The lowest BCUT2D eigenvalue weighted by atomic mass is 9.78. The highest BCUT2D eigenvalue weighted by molar-refractivity contribution is 5.76. The molecule has 0 radical (unpaired) electrons. The molecule has 0 heterocycles. The summed E-state index contributed by atoms with van der Waals surface area (Å²) in [6.07, 6.45) is 0.0863. The number of carbonyl (C=O) groups is 1. The third-order valence-electron chi connectivity index (χ3n) is 6.07. The average molecular weight is 469 g/mol. The minimum Gasteiger partial charge on any atom is -0.507 e. The molecule has 0 aliphatic heterocycles. The summed E-state index contributed by atoms with van der Waals surface area (Å²) in [6, 6.07) is 7.34. The molecule has 0 atom stereocenters. The lowest BCUT2D eigenvalue weighted by Gasteiger charge is -2.28. The van der Waals surface area contributed by atoms with Crippen LogP contribution in [0.1, 0.15) is 111 Å². The Kier molecular flexibility index (Phi) is 7.30. The Hall–Kier alpha value is -2.49. The van der Waals surface area contributed by atoms with Gasteiger partial charge >= 0.3 is 5.97 Å². The molecule has 2 aromatic carbocycles. The maximum absolute atomic E-state index is 13.0. The van der Waals surface area contributed by atoms with Crippen molar-refractivity contribution in [2.75, 3.05) is 0 Å². The van der Waals surface area contributed by atoms with Gasteiger partial charge in [0.1, 0.15) is 17.2 Å². The second-order valence-corrected chi connectivity index (χ2v) is 13.6. The summed E-state index contributed by atoms with van der Waals surface area (Å²) in [5.74, 6) is 0.600. The van der Waals surface area contributed by atoms with Crippen LogP contribution in [0.4, 0.5) is 0 Å². The lowest BCUT2D eigenvalue weighted by Crippen LogP contribution is -2.20. The Bertz CT molecular complexity index is 909. The summed E-state index contributed by atoms with van der Waals surface area (Å²) >= 11 is 0. The molecule has 0 unspecified atom stereocenters. The molecule has 0 spiro atoms. The van der Waals surface area contributed by atoms with Crippen LogP contribution >= 0.6 is 0 Å². The molecule has 2 rings (SSSR count). The van der Waals surface area contributed by atoms with Gasteiger partial charge in [0.2, 0.25) is 0 Å². The summed E-state index contributed by atoms with van der Waals surface area (Å²) in [4.78, 5) is 13.0. The molecule has 34 heavy (non-hydrogen) atoms. The van der Waals surface area contributed by atoms with Crippen LogP contribution in [0.25, 0.3) is 0 Å². The number of aromatic hydroxyl groups is 2. The SMILES string of the molecule is CC(C)(C)c1cc(CC(=O)Oc2cc(C(C)(C)C)c(O)c(C(C)(C)C)c2)cc(C(C)(C)C)c1O. The highest BCUT2D eigenvalue weighted by Crippen LogP contribution is 2.42. The number of rotatable bonds is 3. The number of ether oxygens (including phenoxy) is 1. The lowest BCUT2D eigenvalue weighted by molar-refractivity contribution is -0.133. The number of hydrogen-bond donors (Lipinski definition) is 2. The van der Waals surface area contributed by atoms with Gasteiger partial charge in [-0.25, -0.2) is 0 Å². The van der Waals surface area contributed by atoms with Crippen LogP contribution in [-0.4, -0.2) is 16.2 Å². The minimum atomic E-state index is -0.379. The van der Waals surface area contributed by atoms with E-state index in [9.17, 15) is 15.0 Å². The van der Waals surface area contributed by atoms with Gasteiger partial charge in [0, 0.05) is 11.1 Å². The summed E-state index contributed by atoms with van der Waals surface area (Å²) in [5, 5.41) is 21.9.